The highest BCUT2D eigenvalue weighted by Gasteiger charge is 2.47. The Morgan fingerprint density at radius 1 is 1.29 bits per heavy atom. The van der Waals surface area contributed by atoms with E-state index in [1.165, 1.54) is 0 Å². The summed E-state index contributed by atoms with van der Waals surface area (Å²) in [7, 11) is 0. The normalized spacial score (nSPS) is 38.6. The summed E-state index contributed by atoms with van der Waals surface area (Å²) in [6, 6.07) is -0.863. The van der Waals surface area contributed by atoms with Crippen LogP contribution in [0.1, 0.15) is 20.8 Å². The molecule has 17 heavy (non-hydrogen) atoms. The van der Waals surface area contributed by atoms with Gasteiger partial charge in [-0.1, -0.05) is 25.9 Å². The summed E-state index contributed by atoms with van der Waals surface area (Å²) in [4.78, 5) is 2.67. The van der Waals surface area contributed by atoms with Crippen molar-refractivity contribution < 1.29 is 20.1 Å². The number of aliphatic hydroxyl groups excluding tert-OH is 3. The fourth-order valence-electron chi connectivity index (χ4n) is 2.01. The minimum absolute atomic E-state index is 0.382. The topological polar surface area (TPSA) is 119 Å². The van der Waals surface area contributed by atoms with Crippen LogP contribution in [0, 0.1) is 5.41 Å². The number of rotatable bonds is 2. The quantitative estimate of drug-likeness (QED) is 0.365. The third-order valence-corrected chi connectivity index (χ3v) is 2.93. The molecule has 1 heterocycles. The van der Waals surface area contributed by atoms with Gasteiger partial charge in [0.15, 0.2) is 0 Å². The smallest absolute Gasteiger partial charge is 0.109 e. The molecule has 3 N–H and O–H groups in total. The maximum Gasteiger partial charge on any atom is 0.109 e. The second-order valence-corrected chi connectivity index (χ2v) is 5.32. The molecular formula is C10H19N3O4. The largest absolute Gasteiger partial charge is 0.394 e. The molecule has 0 aromatic rings. The van der Waals surface area contributed by atoms with Crippen molar-refractivity contribution in [3.05, 3.63) is 10.4 Å². The molecule has 98 valence electrons. The fraction of sp³-hybridized carbons (Fsp3) is 1.00. The van der Waals surface area contributed by atoms with Crippen LogP contribution in [-0.2, 0) is 4.74 Å². The SMILES string of the molecule is CC(C)(C)[C@@H]1O[C@H](CO)[C@@H](O)[C@H](O)[C@H]1N=[N+]=[N-]. The monoisotopic (exact) mass is 245 g/mol. The minimum Gasteiger partial charge on any atom is -0.394 e. The fourth-order valence-corrected chi connectivity index (χ4v) is 2.01. The first-order valence-corrected chi connectivity index (χ1v) is 5.49. The van der Waals surface area contributed by atoms with Gasteiger partial charge in [-0.25, -0.2) is 0 Å². The summed E-state index contributed by atoms with van der Waals surface area (Å²) >= 11 is 0. The van der Waals surface area contributed by atoms with Gasteiger partial charge in [-0.05, 0) is 10.9 Å². The number of ether oxygens (including phenoxy) is 1. The lowest BCUT2D eigenvalue weighted by atomic mass is 9.79. The second-order valence-electron chi connectivity index (χ2n) is 5.32. The van der Waals surface area contributed by atoms with Gasteiger partial charge in [0.2, 0.25) is 0 Å². The first-order valence-electron chi connectivity index (χ1n) is 5.49. The molecule has 0 aromatic heterocycles. The molecule has 0 bridgehead atoms. The highest BCUT2D eigenvalue weighted by molar-refractivity contribution is 5.00. The highest BCUT2D eigenvalue weighted by Crippen LogP contribution is 2.34. The van der Waals surface area contributed by atoms with Crippen LogP contribution in [0.4, 0.5) is 0 Å². The Kier molecular flexibility index (Phi) is 4.35. The molecule has 0 amide bonds. The summed E-state index contributed by atoms with van der Waals surface area (Å²) in [6.07, 6.45) is -3.91. The van der Waals surface area contributed by atoms with Crippen molar-refractivity contribution in [2.75, 3.05) is 6.61 Å². The predicted molar refractivity (Wildman–Crippen MR) is 60.1 cm³/mol. The number of nitrogens with zero attached hydrogens (tertiary/aromatic N) is 3. The van der Waals surface area contributed by atoms with Gasteiger partial charge in [-0.3, -0.25) is 0 Å². The van der Waals surface area contributed by atoms with E-state index in [9.17, 15) is 10.2 Å². The molecule has 0 unspecified atom stereocenters. The van der Waals surface area contributed by atoms with Gasteiger partial charge in [0, 0.05) is 4.91 Å². The van der Waals surface area contributed by atoms with Crippen molar-refractivity contribution in [3.63, 3.8) is 0 Å². The highest BCUT2D eigenvalue weighted by atomic mass is 16.5. The average molecular weight is 245 g/mol. The van der Waals surface area contributed by atoms with Crippen LogP contribution in [0.25, 0.3) is 10.4 Å². The van der Waals surface area contributed by atoms with Crippen LogP contribution in [-0.4, -0.2) is 52.4 Å². The van der Waals surface area contributed by atoms with E-state index < -0.39 is 37.1 Å². The van der Waals surface area contributed by atoms with Crippen LogP contribution in [0.2, 0.25) is 0 Å². The van der Waals surface area contributed by atoms with E-state index in [0.717, 1.165) is 0 Å². The van der Waals surface area contributed by atoms with Crippen LogP contribution in [0.3, 0.4) is 0 Å². The molecule has 7 heteroatoms. The number of azide groups is 1. The molecule has 0 spiro atoms. The Balaban J connectivity index is 3.03. The second kappa shape index (κ2) is 5.20. The molecule has 1 aliphatic heterocycles. The summed E-state index contributed by atoms with van der Waals surface area (Å²) in [6.45, 7) is 5.22. The van der Waals surface area contributed by atoms with Gasteiger partial charge in [-0.2, -0.15) is 0 Å². The molecular weight excluding hydrogens is 226 g/mol. The van der Waals surface area contributed by atoms with Gasteiger partial charge in [0.25, 0.3) is 0 Å². The van der Waals surface area contributed by atoms with E-state index in [2.05, 4.69) is 10.0 Å². The maximum atomic E-state index is 9.90. The number of aliphatic hydroxyl groups is 3. The van der Waals surface area contributed by atoms with Gasteiger partial charge in [0.1, 0.15) is 12.2 Å². The number of hydrogen-bond acceptors (Lipinski definition) is 5. The van der Waals surface area contributed by atoms with Gasteiger partial charge < -0.3 is 20.1 Å². The van der Waals surface area contributed by atoms with Gasteiger partial charge in [0.05, 0.1) is 24.9 Å². The standard InChI is InChI=1S/C10H19N3O4/c1-10(2,3)9-6(12-13-11)8(16)7(15)5(4-14)17-9/h5-9,14-16H,4H2,1-3H3/t5-,6-,7-,8-,9-/m1/s1. The van der Waals surface area contributed by atoms with Crippen LogP contribution < -0.4 is 0 Å². The van der Waals surface area contributed by atoms with Crippen molar-refractivity contribution >= 4 is 0 Å². The molecule has 1 saturated heterocycles. The molecule has 5 atom stereocenters. The molecule has 0 radical (unpaired) electrons. The van der Waals surface area contributed by atoms with E-state index in [4.69, 9.17) is 15.4 Å². The Labute approximate surface area is 99.6 Å². The molecule has 1 rings (SSSR count). The lowest BCUT2D eigenvalue weighted by molar-refractivity contribution is -0.211. The lowest BCUT2D eigenvalue weighted by Crippen LogP contribution is -2.60. The average Bonchev–Trinajstić information content (AvgIpc) is 2.24. The van der Waals surface area contributed by atoms with E-state index in [0.29, 0.717) is 0 Å². The molecule has 0 saturated carbocycles. The van der Waals surface area contributed by atoms with Crippen LogP contribution in [0.15, 0.2) is 5.11 Å². The molecule has 0 aliphatic carbocycles. The number of hydrogen-bond donors (Lipinski definition) is 3. The molecule has 1 aliphatic rings. The van der Waals surface area contributed by atoms with Crippen molar-refractivity contribution in [1.82, 2.24) is 0 Å². The summed E-state index contributed by atoms with van der Waals surface area (Å²) in [5.41, 5.74) is 8.11. The predicted octanol–water partition coefficient (Wildman–Crippen LogP) is 0.193. The molecule has 1 fully saturated rings. The lowest BCUT2D eigenvalue weighted by Gasteiger charge is -2.45. The van der Waals surface area contributed by atoms with E-state index in [1.807, 2.05) is 20.8 Å². The van der Waals surface area contributed by atoms with E-state index in [-0.39, 0.29) is 5.41 Å². The van der Waals surface area contributed by atoms with Crippen molar-refractivity contribution in [2.24, 2.45) is 10.5 Å². The van der Waals surface area contributed by atoms with Crippen molar-refractivity contribution in [2.45, 2.75) is 51.2 Å². The zero-order valence-corrected chi connectivity index (χ0v) is 10.2. The van der Waals surface area contributed by atoms with E-state index in [1.54, 1.807) is 0 Å². The Morgan fingerprint density at radius 2 is 1.88 bits per heavy atom. The minimum atomic E-state index is -1.26. The van der Waals surface area contributed by atoms with Crippen LogP contribution in [0.5, 0.6) is 0 Å². The summed E-state index contributed by atoms with van der Waals surface area (Å²) < 4.78 is 5.52. The summed E-state index contributed by atoms with van der Waals surface area (Å²) in [5, 5.41) is 32.2. The van der Waals surface area contributed by atoms with Crippen LogP contribution >= 0.6 is 0 Å². The third-order valence-electron chi connectivity index (χ3n) is 2.93. The first-order chi connectivity index (χ1) is 7.82. The van der Waals surface area contributed by atoms with E-state index >= 15 is 0 Å². The van der Waals surface area contributed by atoms with Crippen molar-refractivity contribution in [1.29, 1.82) is 0 Å². The maximum absolute atomic E-state index is 9.90. The zero-order valence-electron chi connectivity index (χ0n) is 10.2. The Bertz CT molecular complexity index is 311. The third kappa shape index (κ3) is 2.88. The summed E-state index contributed by atoms with van der Waals surface area (Å²) in [5.74, 6) is 0. The van der Waals surface area contributed by atoms with Gasteiger partial charge >= 0.3 is 0 Å². The Hall–Kier alpha value is -0.850. The Morgan fingerprint density at radius 3 is 2.29 bits per heavy atom. The molecule has 0 aromatic carbocycles. The van der Waals surface area contributed by atoms with Crippen molar-refractivity contribution in [3.8, 4) is 0 Å². The molecule has 7 nitrogen and oxygen atoms in total. The zero-order chi connectivity index (χ0) is 13.2. The first kappa shape index (κ1) is 14.2. The van der Waals surface area contributed by atoms with Gasteiger partial charge in [-0.15, -0.1) is 0 Å².